The zero-order valence-electron chi connectivity index (χ0n) is 13.2. The Morgan fingerprint density at radius 1 is 1.05 bits per heavy atom. The van der Waals surface area contributed by atoms with Crippen LogP contribution in [0.1, 0.15) is 44.4 Å². The Balaban J connectivity index is 2.02. The maximum Gasteiger partial charge on any atom is 0.121 e. The van der Waals surface area contributed by atoms with Crippen molar-refractivity contribution in [2.45, 2.75) is 39.7 Å². The van der Waals surface area contributed by atoms with Crippen LogP contribution in [0, 0.1) is 0 Å². The van der Waals surface area contributed by atoms with Crippen LogP contribution < -0.4 is 10.1 Å². The first-order valence-electron chi connectivity index (χ1n) is 7.81. The molecule has 2 rings (SSSR count). The molecule has 0 aliphatic carbocycles. The first-order chi connectivity index (χ1) is 10.2. The van der Waals surface area contributed by atoms with E-state index in [1.165, 1.54) is 11.1 Å². The normalized spacial score (nSPS) is 12.0. The second-order valence-electron chi connectivity index (χ2n) is 5.34. The van der Waals surface area contributed by atoms with Gasteiger partial charge in [-0.05, 0) is 43.0 Å². The van der Waals surface area contributed by atoms with Gasteiger partial charge < -0.3 is 10.1 Å². The summed E-state index contributed by atoms with van der Waals surface area (Å²) in [5.74, 6) is 0.926. The predicted molar refractivity (Wildman–Crippen MR) is 90.1 cm³/mol. The van der Waals surface area contributed by atoms with Gasteiger partial charge in [-0.1, -0.05) is 44.2 Å². The molecule has 0 amide bonds. The Hall–Kier alpha value is -1.96. The van der Waals surface area contributed by atoms with Gasteiger partial charge in [0.1, 0.15) is 5.75 Å². The molecule has 0 spiro atoms. The van der Waals surface area contributed by atoms with Crippen molar-refractivity contribution in [3.05, 3.63) is 59.7 Å². The first-order valence-corrected chi connectivity index (χ1v) is 7.81. The topological polar surface area (TPSA) is 21.3 Å². The van der Waals surface area contributed by atoms with E-state index >= 15 is 0 Å². The molecule has 0 fully saturated rings. The quantitative estimate of drug-likeness (QED) is 0.753. The van der Waals surface area contributed by atoms with Crippen LogP contribution in [0.5, 0.6) is 5.75 Å². The van der Waals surface area contributed by atoms with E-state index in [1.807, 2.05) is 12.1 Å². The average molecular weight is 283 g/mol. The van der Waals surface area contributed by atoms with Crippen LogP contribution in [0.4, 0.5) is 5.69 Å². The highest BCUT2D eigenvalue weighted by Crippen LogP contribution is 2.23. The summed E-state index contributed by atoms with van der Waals surface area (Å²) in [5, 5.41) is 3.53. The van der Waals surface area contributed by atoms with E-state index in [1.54, 1.807) is 0 Å². The largest absolute Gasteiger partial charge is 0.494 e. The van der Waals surface area contributed by atoms with Crippen molar-refractivity contribution in [1.82, 2.24) is 0 Å². The van der Waals surface area contributed by atoms with Crippen molar-refractivity contribution < 1.29 is 4.74 Å². The Morgan fingerprint density at radius 2 is 1.81 bits per heavy atom. The third-order valence-electron chi connectivity index (χ3n) is 3.58. The van der Waals surface area contributed by atoms with Crippen LogP contribution >= 0.6 is 0 Å². The molecule has 1 unspecified atom stereocenters. The lowest BCUT2D eigenvalue weighted by atomic mass is 10.0. The maximum absolute atomic E-state index is 5.67. The Kier molecular flexibility index (Phi) is 5.68. The number of rotatable bonds is 7. The van der Waals surface area contributed by atoms with Gasteiger partial charge in [0.05, 0.1) is 6.61 Å². The van der Waals surface area contributed by atoms with Gasteiger partial charge in [0.25, 0.3) is 0 Å². The highest BCUT2D eigenvalue weighted by Gasteiger charge is 2.06. The standard InChI is InChI=1S/C19H25NO/c1-4-13-21-19-8-6-7-18(14-19)20-15(3)17-11-9-16(5-2)10-12-17/h6-12,14-15,20H,4-5,13H2,1-3H3. The molecule has 21 heavy (non-hydrogen) atoms. The van der Waals surface area contributed by atoms with E-state index in [-0.39, 0.29) is 6.04 Å². The van der Waals surface area contributed by atoms with Crippen LogP contribution in [0.15, 0.2) is 48.5 Å². The van der Waals surface area contributed by atoms with Gasteiger partial charge in [-0.3, -0.25) is 0 Å². The molecule has 0 bridgehead atoms. The van der Waals surface area contributed by atoms with Crippen LogP contribution in [0.3, 0.4) is 0 Å². The molecule has 0 aliphatic rings. The highest BCUT2D eigenvalue weighted by molar-refractivity contribution is 5.49. The fourth-order valence-electron chi connectivity index (χ4n) is 2.27. The highest BCUT2D eigenvalue weighted by atomic mass is 16.5. The Labute approximate surface area is 128 Å². The second kappa shape index (κ2) is 7.72. The number of benzene rings is 2. The lowest BCUT2D eigenvalue weighted by Gasteiger charge is -2.17. The van der Waals surface area contributed by atoms with E-state index in [9.17, 15) is 0 Å². The second-order valence-corrected chi connectivity index (χ2v) is 5.34. The summed E-state index contributed by atoms with van der Waals surface area (Å²) in [6.07, 6.45) is 2.11. The summed E-state index contributed by atoms with van der Waals surface area (Å²) in [6.45, 7) is 7.24. The van der Waals surface area contributed by atoms with Crippen LogP contribution in [0.25, 0.3) is 0 Å². The van der Waals surface area contributed by atoms with Crippen LogP contribution in [-0.2, 0) is 6.42 Å². The van der Waals surface area contributed by atoms with E-state index in [0.29, 0.717) is 0 Å². The van der Waals surface area contributed by atoms with Gasteiger partial charge in [0, 0.05) is 17.8 Å². The molecule has 0 saturated heterocycles. The Bertz CT molecular complexity index is 548. The minimum Gasteiger partial charge on any atom is -0.494 e. The van der Waals surface area contributed by atoms with Crippen molar-refractivity contribution in [3.63, 3.8) is 0 Å². The molecule has 0 aliphatic heterocycles. The number of hydrogen-bond donors (Lipinski definition) is 1. The van der Waals surface area contributed by atoms with E-state index in [0.717, 1.165) is 30.9 Å². The molecular formula is C19H25NO. The molecule has 2 aromatic rings. The SMILES string of the molecule is CCCOc1cccc(NC(C)c2ccc(CC)cc2)c1. The van der Waals surface area contributed by atoms with Gasteiger partial charge in [0.2, 0.25) is 0 Å². The minimum atomic E-state index is 0.275. The summed E-state index contributed by atoms with van der Waals surface area (Å²) in [6, 6.07) is 17.3. The van der Waals surface area contributed by atoms with Gasteiger partial charge in [-0.25, -0.2) is 0 Å². The molecule has 112 valence electrons. The molecule has 1 atom stereocenters. The fourth-order valence-corrected chi connectivity index (χ4v) is 2.27. The van der Waals surface area contributed by atoms with E-state index in [2.05, 4.69) is 62.5 Å². The number of ether oxygens (including phenoxy) is 1. The zero-order valence-corrected chi connectivity index (χ0v) is 13.2. The summed E-state index contributed by atoms with van der Waals surface area (Å²) in [7, 11) is 0. The fraction of sp³-hybridized carbons (Fsp3) is 0.368. The summed E-state index contributed by atoms with van der Waals surface area (Å²) in [5.41, 5.74) is 3.77. The van der Waals surface area contributed by atoms with Crippen LogP contribution in [-0.4, -0.2) is 6.61 Å². The van der Waals surface area contributed by atoms with Gasteiger partial charge in [-0.2, -0.15) is 0 Å². The predicted octanol–water partition coefficient (Wildman–Crippen LogP) is 5.21. The number of nitrogens with one attached hydrogen (secondary N) is 1. The molecule has 1 N–H and O–H groups in total. The van der Waals surface area contributed by atoms with E-state index in [4.69, 9.17) is 4.74 Å². The smallest absolute Gasteiger partial charge is 0.121 e. The number of anilines is 1. The third-order valence-corrected chi connectivity index (χ3v) is 3.58. The first kappa shape index (κ1) is 15.4. The molecule has 0 aromatic heterocycles. The lowest BCUT2D eigenvalue weighted by molar-refractivity contribution is 0.317. The van der Waals surface area contributed by atoms with Gasteiger partial charge in [0.15, 0.2) is 0 Å². The molecular weight excluding hydrogens is 258 g/mol. The molecule has 0 radical (unpaired) electrons. The van der Waals surface area contributed by atoms with Crippen molar-refractivity contribution in [3.8, 4) is 5.75 Å². The molecule has 2 nitrogen and oxygen atoms in total. The van der Waals surface area contributed by atoms with Crippen molar-refractivity contribution in [1.29, 1.82) is 0 Å². The third kappa shape index (κ3) is 4.52. The number of hydrogen-bond acceptors (Lipinski definition) is 2. The lowest BCUT2D eigenvalue weighted by Crippen LogP contribution is -2.06. The van der Waals surface area contributed by atoms with Crippen molar-refractivity contribution >= 4 is 5.69 Å². The van der Waals surface area contributed by atoms with Gasteiger partial charge in [-0.15, -0.1) is 0 Å². The van der Waals surface area contributed by atoms with Gasteiger partial charge >= 0.3 is 0 Å². The monoisotopic (exact) mass is 283 g/mol. The maximum atomic E-state index is 5.67. The van der Waals surface area contributed by atoms with Crippen LogP contribution in [0.2, 0.25) is 0 Å². The minimum absolute atomic E-state index is 0.275. The molecule has 2 aromatic carbocycles. The Morgan fingerprint density at radius 3 is 2.48 bits per heavy atom. The molecule has 0 saturated carbocycles. The van der Waals surface area contributed by atoms with Crippen molar-refractivity contribution in [2.75, 3.05) is 11.9 Å². The molecule has 2 heteroatoms. The molecule has 0 heterocycles. The van der Waals surface area contributed by atoms with Crippen molar-refractivity contribution in [2.24, 2.45) is 0 Å². The summed E-state index contributed by atoms with van der Waals surface area (Å²) in [4.78, 5) is 0. The van der Waals surface area contributed by atoms with E-state index < -0.39 is 0 Å². The number of aryl methyl sites for hydroxylation is 1. The summed E-state index contributed by atoms with van der Waals surface area (Å²) < 4.78 is 5.67. The zero-order chi connectivity index (χ0) is 15.1. The summed E-state index contributed by atoms with van der Waals surface area (Å²) >= 11 is 0. The average Bonchev–Trinajstić information content (AvgIpc) is 2.53.